The first-order valence-electron chi connectivity index (χ1n) is 7.90. The molecule has 2 aliphatic rings. The molecule has 0 spiro atoms. The normalized spacial score (nSPS) is 20.9. The summed E-state index contributed by atoms with van der Waals surface area (Å²) < 4.78 is 0. The molecule has 0 bridgehead atoms. The third-order valence-corrected chi connectivity index (χ3v) is 4.78. The van der Waals surface area contributed by atoms with Gasteiger partial charge >= 0.3 is 0 Å². The first kappa shape index (κ1) is 15.0. The molecule has 116 valence electrons. The average Bonchev–Trinajstić information content (AvgIpc) is 3.25. The predicted octanol–water partition coefficient (Wildman–Crippen LogP) is 3.02. The fourth-order valence-corrected chi connectivity index (χ4v) is 3.02. The topological polar surface area (TPSA) is 32.3 Å². The van der Waals surface area contributed by atoms with Gasteiger partial charge in [-0.15, -0.1) is 0 Å². The minimum atomic E-state index is -0.0814. The smallest absolute Gasteiger partial charge is 0.137 e. The summed E-state index contributed by atoms with van der Waals surface area (Å²) in [4.78, 5) is 14.3. The molecule has 1 aliphatic heterocycles. The number of rotatable bonds is 2. The highest BCUT2D eigenvalue weighted by molar-refractivity contribution is 6.30. The molecule has 0 unspecified atom stereocenters. The monoisotopic (exact) mass is 308 g/mol. The average molecular weight is 309 g/mol. The lowest BCUT2D eigenvalue weighted by Crippen LogP contribution is -2.47. The van der Waals surface area contributed by atoms with Crippen LogP contribution in [0.2, 0.25) is 5.15 Å². The van der Waals surface area contributed by atoms with Crippen LogP contribution in [0.4, 0.5) is 5.82 Å². The first-order chi connectivity index (χ1) is 9.86. The Morgan fingerprint density at radius 3 is 2.19 bits per heavy atom. The lowest BCUT2D eigenvalue weighted by molar-refractivity contribution is 0.247. The fourth-order valence-electron chi connectivity index (χ4n) is 2.86. The summed E-state index contributed by atoms with van der Waals surface area (Å²) in [6.07, 6.45) is 2.76. The van der Waals surface area contributed by atoms with Crippen LogP contribution in [0.15, 0.2) is 0 Å². The summed E-state index contributed by atoms with van der Waals surface area (Å²) in [5, 5.41) is 0.592. The van der Waals surface area contributed by atoms with Gasteiger partial charge in [-0.25, -0.2) is 9.97 Å². The number of hydrogen-bond acceptors (Lipinski definition) is 4. The van der Waals surface area contributed by atoms with Crippen molar-refractivity contribution >= 4 is 17.4 Å². The summed E-state index contributed by atoms with van der Waals surface area (Å²) in [7, 11) is 0. The van der Waals surface area contributed by atoms with Crippen LogP contribution in [0.25, 0.3) is 0 Å². The number of halogens is 1. The van der Waals surface area contributed by atoms with Gasteiger partial charge in [0, 0.05) is 43.2 Å². The third-order valence-electron chi connectivity index (χ3n) is 4.41. The molecule has 0 radical (unpaired) electrons. The molecular weight excluding hydrogens is 284 g/mol. The maximum absolute atomic E-state index is 6.35. The number of piperazine rings is 1. The van der Waals surface area contributed by atoms with Gasteiger partial charge in [-0.05, 0) is 19.8 Å². The lowest BCUT2D eigenvalue weighted by atomic mass is 9.95. The van der Waals surface area contributed by atoms with Crippen LogP contribution < -0.4 is 4.90 Å². The Labute approximate surface area is 132 Å². The second-order valence-corrected chi connectivity index (χ2v) is 7.65. The molecule has 0 amide bonds. The van der Waals surface area contributed by atoms with E-state index in [-0.39, 0.29) is 5.41 Å². The van der Waals surface area contributed by atoms with Gasteiger partial charge in [-0.3, -0.25) is 4.90 Å². The molecule has 4 nitrogen and oxygen atoms in total. The molecule has 1 aromatic rings. The van der Waals surface area contributed by atoms with Crippen molar-refractivity contribution in [3.8, 4) is 0 Å². The van der Waals surface area contributed by atoms with Crippen LogP contribution in [-0.4, -0.2) is 47.1 Å². The Morgan fingerprint density at radius 1 is 1.05 bits per heavy atom. The Balaban J connectivity index is 1.82. The second-order valence-electron chi connectivity index (χ2n) is 7.29. The summed E-state index contributed by atoms with van der Waals surface area (Å²) in [5.74, 6) is 1.85. The van der Waals surface area contributed by atoms with Crippen molar-refractivity contribution in [3.63, 3.8) is 0 Å². The SMILES string of the molecule is Cc1c(Cl)nc(C(C)(C)C)nc1N1CCN(C2CC2)CC1. The lowest BCUT2D eigenvalue weighted by Gasteiger charge is -2.36. The van der Waals surface area contributed by atoms with Gasteiger partial charge in [0.25, 0.3) is 0 Å². The van der Waals surface area contributed by atoms with Gasteiger partial charge in [0.05, 0.1) is 0 Å². The first-order valence-corrected chi connectivity index (χ1v) is 8.27. The Hall–Kier alpha value is -0.870. The van der Waals surface area contributed by atoms with Gasteiger partial charge in [-0.1, -0.05) is 32.4 Å². The van der Waals surface area contributed by atoms with E-state index in [0.717, 1.165) is 49.4 Å². The molecule has 0 N–H and O–H groups in total. The van der Waals surface area contributed by atoms with E-state index < -0.39 is 0 Å². The number of aromatic nitrogens is 2. The Bertz CT molecular complexity index is 526. The standard InChI is InChI=1S/C16H25ClN4/c1-11-13(17)18-15(16(2,3)4)19-14(11)21-9-7-20(8-10-21)12-5-6-12/h12H,5-10H2,1-4H3. The van der Waals surface area contributed by atoms with E-state index in [1.54, 1.807) is 0 Å². The van der Waals surface area contributed by atoms with Crippen molar-refractivity contribution in [2.75, 3.05) is 31.1 Å². The Morgan fingerprint density at radius 2 is 1.67 bits per heavy atom. The minimum Gasteiger partial charge on any atom is -0.354 e. The molecule has 1 saturated heterocycles. The summed E-state index contributed by atoms with van der Waals surface area (Å²) in [5.41, 5.74) is 0.923. The summed E-state index contributed by atoms with van der Waals surface area (Å²) in [6.45, 7) is 12.8. The minimum absolute atomic E-state index is 0.0814. The van der Waals surface area contributed by atoms with E-state index in [1.807, 2.05) is 6.92 Å². The van der Waals surface area contributed by atoms with Crippen LogP contribution in [0.5, 0.6) is 0 Å². The molecule has 1 saturated carbocycles. The quantitative estimate of drug-likeness (QED) is 0.786. The van der Waals surface area contributed by atoms with Gasteiger partial charge in [0.2, 0.25) is 0 Å². The van der Waals surface area contributed by atoms with Gasteiger partial charge < -0.3 is 4.90 Å². The predicted molar refractivity (Wildman–Crippen MR) is 87.3 cm³/mol. The van der Waals surface area contributed by atoms with Crippen LogP contribution in [0, 0.1) is 6.92 Å². The van der Waals surface area contributed by atoms with E-state index >= 15 is 0 Å². The molecule has 0 atom stereocenters. The molecular formula is C16H25ClN4. The van der Waals surface area contributed by atoms with Crippen molar-refractivity contribution in [2.24, 2.45) is 0 Å². The van der Waals surface area contributed by atoms with Crippen LogP contribution in [0.1, 0.15) is 45.0 Å². The van der Waals surface area contributed by atoms with Crippen LogP contribution in [0.3, 0.4) is 0 Å². The highest BCUT2D eigenvalue weighted by atomic mass is 35.5. The molecule has 2 fully saturated rings. The summed E-state index contributed by atoms with van der Waals surface area (Å²) >= 11 is 6.35. The fraction of sp³-hybridized carbons (Fsp3) is 0.750. The maximum Gasteiger partial charge on any atom is 0.137 e. The van der Waals surface area contributed by atoms with Crippen molar-refractivity contribution < 1.29 is 0 Å². The zero-order chi connectivity index (χ0) is 15.2. The number of nitrogens with zero attached hydrogens (tertiary/aromatic N) is 4. The highest BCUT2D eigenvalue weighted by Crippen LogP contribution is 2.31. The van der Waals surface area contributed by atoms with E-state index in [9.17, 15) is 0 Å². The molecule has 0 aromatic carbocycles. The molecule has 5 heteroatoms. The van der Waals surface area contributed by atoms with Crippen LogP contribution >= 0.6 is 11.6 Å². The third kappa shape index (κ3) is 3.16. The van der Waals surface area contributed by atoms with Crippen molar-refractivity contribution in [1.82, 2.24) is 14.9 Å². The van der Waals surface area contributed by atoms with Crippen molar-refractivity contribution in [1.29, 1.82) is 0 Å². The van der Waals surface area contributed by atoms with Gasteiger partial charge in [0.1, 0.15) is 16.8 Å². The van der Waals surface area contributed by atoms with Crippen LogP contribution in [-0.2, 0) is 5.41 Å². The number of hydrogen-bond donors (Lipinski definition) is 0. The molecule has 2 heterocycles. The zero-order valence-electron chi connectivity index (χ0n) is 13.5. The molecule has 1 aromatic heterocycles. The highest BCUT2D eigenvalue weighted by Gasteiger charge is 2.32. The number of anilines is 1. The second kappa shape index (κ2) is 5.40. The van der Waals surface area contributed by atoms with E-state index in [2.05, 4.69) is 35.6 Å². The van der Waals surface area contributed by atoms with E-state index in [1.165, 1.54) is 12.8 Å². The maximum atomic E-state index is 6.35. The molecule has 3 rings (SSSR count). The van der Waals surface area contributed by atoms with Gasteiger partial charge in [0.15, 0.2) is 0 Å². The molecule has 21 heavy (non-hydrogen) atoms. The Kier molecular flexibility index (Phi) is 3.87. The van der Waals surface area contributed by atoms with E-state index in [4.69, 9.17) is 16.6 Å². The molecule has 1 aliphatic carbocycles. The van der Waals surface area contributed by atoms with Crippen molar-refractivity contribution in [2.45, 2.75) is 52.0 Å². The zero-order valence-corrected chi connectivity index (χ0v) is 14.2. The van der Waals surface area contributed by atoms with Gasteiger partial charge in [-0.2, -0.15) is 0 Å². The largest absolute Gasteiger partial charge is 0.354 e. The summed E-state index contributed by atoms with van der Waals surface area (Å²) in [6, 6.07) is 0.854. The van der Waals surface area contributed by atoms with E-state index in [0.29, 0.717) is 5.15 Å². The van der Waals surface area contributed by atoms with Crippen molar-refractivity contribution in [3.05, 3.63) is 16.5 Å².